The monoisotopic (exact) mass is 412 g/mol. The van der Waals surface area contributed by atoms with Crippen molar-refractivity contribution >= 4 is 21.6 Å². The molecule has 0 aliphatic heterocycles. The lowest BCUT2D eigenvalue weighted by molar-refractivity contribution is 0.0793. The number of aromatic nitrogens is 2. The number of sulfonamides is 1. The molecule has 0 spiro atoms. The van der Waals surface area contributed by atoms with Crippen LogP contribution in [0.4, 0.5) is 5.69 Å². The van der Waals surface area contributed by atoms with Gasteiger partial charge in [0.05, 0.1) is 11.9 Å². The van der Waals surface area contributed by atoms with Crippen molar-refractivity contribution in [2.45, 2.75) is 12.8 Å². The highest BCUT2D eigenvalue weighted by Gasteiger charge is 2.13. The predicted octanol–water partition coefficient (Wildman–Crippen LogP) is 3.15. The van der Waals surface area contributed by atoms with Crippen LogP contribution in [0.15, 0.2) is 60.7 Å². The standard InChI is InChI=1S/C21H24N4O3S/c1-25(21(26)17-10-6-11-19(14-17)24-29(2,27)28)13-7-12-18-15-20(23-22-18)16-8-4-3-5-9-16/h3-6,8-11,14-15,24H,7,12-13H2,1-2H3,(H,22,23). The van der Waals surface area contributed by atoms with Crippen LogP contribution in [0.1, 0.15) is 22.5 Å². The van der Waals surface area contributed by atoms with E-state index in [1.54, 1.807) is 36.2 Å². The Kier molecular flexibility index (Phi) is 6.33. The Morgan fingerprint density at radius 2 is 1.86 bits per heavy atom. The summed E-state index contributed by atoms with van der Waals surface area (Å²) in [6.45, 7) is 0.572. The first kappa shape index (κ1) is 20.6. The minimum atomic E-state index is -3.39. The van der Waals surface area contributed by atoms with Crippen LogP contribution in [-0.4, -0.2) is 49.3 Å². The Labute approximate surface area is 170 Å². The summed E-state index contributed by atoms with van der Waals surface area (Å²) in [5.41, 5.74) is 3.79. The Bertz CT molecular complexity index is 1080. The third-order valence-electron chi connectivity index (χ3n) is 4.40. The zero-order valence-electron chi connectivity index (χ0n) is 16.4. The molecule has 1 amide bonds. The molecule has 7 nitrogen and oxygen atoms in total. The molecule has 29 heavy (non-hydrogen) atoms. The van der Waals surface area contributed by atoms with E-state index in [1.165, 1.54) is 0 Å². The molecule has 0 saturated heterocycles. The van der Waals surface area contributed by atoms with Crippen molar-refractivity contribution in [3.63, 3.8) is 0 Å². The number of carbonyl (C=O) groups excluding carboxylic acids is 1. The van der Waals surface area contributed by atoms with Gasteiger partial charge in [-0.05, 0) is 37.1 Å². The summed E-state index contributed by atoms with van der Waals surface area (Å²) in [5, 5.41) is 7.39. The van der Waals surface area contributed by atoms with E-state index >= 15 is 0 Å². The molecule has 0 unspecified atom stereocenters. The number of aromatic amines is 1. The number of aryl methyl sites for hydroxylation is 1. The number of hydrogen-bond donors (Lipinski definition) is 2. The lowest BCUT2D eigenvalue weighted by Gasteiger charge is -2.17. The van der Waals surface area contributed by atoms with E-state index in [0.29, 0.717) is 17.8 Å². The van der Waals surface area contributed by atoms with Crippen LogP contribution in [0.25, 0.3) is 11.3 Å². The van der Waals surface area contributed by atoms with E-state index in [9.17, 15) is 13.2 Å². The molecule has 0 aliphatic rings. The topological polar surface area (TPSA) is 95.2 Å². The van der Waals surface area contributed by atoms with Gasteiger partial charge in [0.15, 0.2) is 0 Å². The fourth-order valence-electron chi connectivity index (χ4n) is 3.00. The quantitative estimate of drug-likeness (QED) is 0.594. The van der Waals surface area contributed by atoms with Crippen LogP contribution in [-0.2, 0) is 16.4 Å². The third kappa shape index (κ3) is 5.92. The number of nitrogens with one attached hydrogen (secondary N) is 2. The van der Waals surface area contributed by atoms with Gasteiger partial charge in [-0.25, -0.2) is 8.42 Å². The van der Waals surface area contributed by atoms with E-state index in [1.807, 2.05) is 36.4 Å². The Morgan fingerprint density at radius 1 is 1.10 bits per heavy atom. The van der Waals surface area contributed by atoms with Gasteiger partial charge in [-0.1, -0.05) is 36.4 Å². The van der Waals surface area contributed by atoms with E-state index in [-0.39, 0.29) is 5.91 Å². The van der Waals surface area contributed by atoms with E-state index in [2.05, 4.69) is 14.9 Å². The molecule has 0 aliphatic carbocycles. The molecule has 3 aromatic rings. The van der Waals surface area contributed by atoms with Gasteiger partial charge in [0.1, 0.15) is 0 Å². The van der Waals surface area contributed by atoms with Gasteiger partial charge < -0.3 is 4.90 Å². The number of rotatable bonds is 8. The highest BCUT2D eigenvalue weighted by Crippen LogP contribution is 2.18. The number of nitrogens with zero attached hydrogens (tertiary/aromatic N) is 2. The normalized spacial score (nSPS) is 11.2. The predicted molar refractivity (Wildman–Crippen MR) is 114 cm³/mol. The summed E-state index contributed by atoms with van der Waals surface area (Å²) in [7, 11) is -1.65. The molecule has 1 aromatic heterocycles. The van der Waals surface area contributed by atoms with Crippen molar-refractivity contribution < 1.29 is 13.2 Å². The minimum absolute atomic E-state index is 0.156. The van der Waals surface area contributed by atoms with Gasteiger partial charge in [-0.3, -0.25) is 14.6 Å². The van der Waals surface area contributed by atoms with Crippen molar-refractivity contribution in [3.05, 3.63) is 71.9 Å². The number of hydrogen-bond acceptors (Lipinski definition) is 4. The zero-order chi connectivity index (χ0) is 20.9. The van der Waals surface area contributed by atoms with Crippen molar-refractivity contribution in [2.24, 2.45) is 0 Å². The summed E-state index contributed by atoms with van der Waals surface area (Å²) < 4.78 is 25.1. The zero-order valence-corrected chi connectivity index (χ0v) is 17.2. The van der Waals surface area contributed by atoms with Gasteiger partial charge in [0, 0.05) is 36.1 Å². The Hall–Kier alpha value is -3.13. The summed E-state index contributed by atoms with van der Waals surface area (Å²) in [6, 6.07) is 18.5. The second kappa shape index (κ2) is 8.91. The van der Waals surface area contributed by atoms with Crippen LogP contribution >= 0.6 is 0 Å². The molecule has 8 heteroatoms. The third-order valence-corrected chi connectivity index (χ3v) is 5.01. The molecule has 0 radical (unpaired) electrons. The number of benzene rings is 2. The molecule has 152 valence electrons. The average molecular weight is 413 g/mol. The highest BCUT2D eigenvalue weighted by atomic mass is 32.2. The highest BCUT2D eigenvalue weighted by molar-refractivity contribution is 7.92. The van der Waals surface area contributed by atoms with Crippen molar-refractivity contribution in [2.75, 3.05) is 24.6 Å². The Balaban J connectivity index is 1.54. The lowest BCUT2D eigenvalue weighted by atomic mass is 10.1. The van der Waals surface area contributed by atoms with E-state index in [4.69, 9.17) is 0 Å². The molecule has 2 N–H and O–H groups in total. The van der Waals surface area contributed by atoms with Gasteiger partial charge in [0.25, 0.3) is 5.91 Å². The average Bonchev–Trinajstić information content (AvgIpc) is 3.16. The summed E-state index contributed by atoms with van der Waals surface area (Å²) in [6.07, 6.45) is 2.62. The van der Waals surface area contributed by atoms with Crippen LogP contribution < -0.4 is 4.72 Å². The van der Waals surface area contributed by atoms with Crippen LogP contribution in [0.2, 0.25) is 0 Å². The van der Waals surface area contributed by atoms with Crippen LogP contribution in [0.3, 0.4) is 0 Å². The number of carbonyl (C=O) groups is 1. The molecule has 2 aromatic carbocycles. The number of H-pyrrole nitrogens is 1. The van der Waals surface area contributed by atoms with Crippen molar-refractivity contribution in [3.8, 4) is 11.3 Å². The van der Waals surface area contributed by atoms with Gasteiger partial charge in [-0.2, -0.15) is 5.10 Å². The SMILES string of the molecule is CN(CCCc1cc(-c2ccccc2)n[nH]1)C(=O)c1cccc(NS(C)(=O)=O)c1. The molecule has 0 bridgehead atoms. The molecule has 0 saturated carbocycles. The minimum Gasteiger partial charge on any atom is -0.342 e. The Morgan fingerprint density at radius 3 is 2.59 bits per heavy atom. The molecular formula is C21H24N4O3S. The second-order valence-corrected chi connectivity index (χ2v) is 8.68. The van der Waals surface area contributed by atoms with Gasteiger partial charge in [0.2, 0.25) is 10.0 Å². The van der Waals surface area contributed by atoms with Crippen molar-refractivity contribution in [1.82, 2.24) is 15.1 Å². The number of anilines is 1. The molecule has 0 fully saturated rings. The second-order valence-electron chi connectivity index (χ2n) is 6.93. The molecular weight excluding hydrogens is 388 g/mol. The molecule has 0 atom stereocenters. The van der Waals surface area contributed by atoms with Gasteiger partial charge >= 0.3 is 0 Å². The smallest absolute Gasteiger partial charge is 0.253 e. The van der Waals surface area contributed by atoms with Crippen molar-refractivity contribution in [1.29, 1.82) is 0 Å². The first-order valence-corrected chi connectivity index (χ1v) is 11.1. The summed E-state index contributed by atoms with van der Waals surface area (Å²) >= 11 is 0. The molecule has 3 rings (SSSR count). The van der Waals surface area contributed by atoms with Gasteiger partial charge in [-0.15, -0.1) is 0 Å². The maximum atomic E-state index is 12.6. The number of amides is 1. The summed E-state index contributed by atoms with van der Waals surface area (Å²) in [4.78, 5) is 14.3. The maximum absolute atomic E-state index is 12.6. The largest absolute Gasteiger partial charge is 0.342 e. The first-order valence-electron chi connectivity index (χ1n) is 9.25. The summed E-state index contributed by atoms with van der Waals surface area (Å²) in [5.74, 6) is -0.156. The van der Waals surface area contributed by atoms with Crippen LogP contribution in [0, 0.1) is 0 Å². The first-order chi connectivity index (χ1) is 13.8. The lowest BCUT2D eigenvalue weighted by Crippen LogP contribution is -2.28. The van der Waals surface area contributed by atoms with E-state index in [0.717, 1.165) is 36.0 Å². The maximum Gasteiger partial charge on any atom is 0.253 e. The van der Waals surface area contributed by atoms with E-state index < -0.39 is 10.0 Å². The van der Waals surface area contributed by atoms with Crippen LogP contribution in [0.5, 0.6) is 0 Å². The fraction of sp³-hybridized carbons (Fsp3) is 0.238. The molecule has 1 heterocycles. The fourth-order valence-corrected chi connectivity index (χ4v) is 3.56.